The number of aliphatic hydroxyl groups excluding tert-OH is 1. The molecule has 2 aliphatic rings. The molecule has 12 heavy (non-hydrogen) atoms. The fourth-order valence-electron chi connectivity index (χ4n) is 1.52. The summed E-state index contributed by atoms with van der Waals surface area (Å²) in [6, 6.07) is -0.179. The number of ether oxygens (including phenoxy) is 3. The third-order valence-corrected chi connectivity index (χ3v) is 2.46. The lowest BCUT2D eigenvalue weighted by molar-refractivity contribution is -0.0539. The summed E-state index contributed by atoms with van der Waals surface area (Å²) < 4.78 is 15.7. The van der Waals surface area contributed by atoms with E-state index in [0.717, 1.165) is 0 Å². The molecule has 2 aliphatic heterocycles. The van der Waals surface area contributed by atoms with E-state index in [1.807, 2.05) is 7.85 Å². The highest BCUT2D eigenvalue weighted by Gasteiger charge is 2.45. The van der Waals surface area contributed by atoms with E-state index >= 15 is 0 Å². The highest BCUT2D eigenvalue weighted by atomic mass is 31.0. The quantitative estimate of drug-likeness (QED) is 0.365. The molecule has 0 aliphatic carbocycles. The van der Waals surface area contributed by atoms with Gasteiger partial charge in [0.1, 0.15) is 26.2 Å². The highest BCUT2D eigenvalue weighted by Crippen LogP contribution is 2.26. The van der Waals surface area contributed by atoms with Crippen molar-refractivity contribution >= 4 is 22.4 Å². The Morgan fingerprint density at radius 1 is 1.58 bits per heavy atom. The fourth-order valence-corrected chi connectivity index (χ4v) is 1.74. The van der Waals surface area contributed by atoms with E-state index in [0.29, 0.717) is 12.3 Å². The molecule has 0 aromatic heterocycles. The smallest absolute Gasteiger partial charge is 0.203 e. The van der Waals surface area contributed by atoms with Gasteiger partial charge in [-0.25, -0.2) is 0 Å². The van der Waals surface area contributed by atoms with Crippen LogP contribution < -0.4 is 0 Å². The molecule has 0 amide bonds. The van der Waals surface area contributed by atoms with Crippen LogP contribution >= 0.6 is 8.86 Å². The molecule has 2 unspecified atom stereocenters. The van der Waals surface area contributed by atoms with Crippen LogP contribution in [-0.4, -0.2) is 49.5 Å². The minimum Gasteiger partial charge on any atom is -0.388 e. The second kappa shape index (κ2) is 3.09. The number of rotatable bonds is 0. The lowest BCUT2D eigenvalue weighted by Crippen LogP contribution is -2.43. The predicted molar refractivity (Wildman–Crippen MR) is 47.4 cm³/mol. The van der Waals surface area contributed by atoms with Crippen LogP contribution in [0, 0.1) is 0 Å². The standard InChI is InChI=1S/C6H10BO4P/c7-5-3(8)4-2(10-5)1-9-6(12)11-4/h2-5,8,12H,1,7H2/t2?,3-,4-,5?/m1/s1. The number of aliphatic hydroxyl groups is 1. The first-order valence-corrected chi connectivity index (χ1v) is 4.40. The van der Waals surface area contributed by atoms with Gasteiger partial charge in [-0.1, -0.05) is 8.86 Å². The number of hydrogen-bond donors (Lipinski definition) is 1. The maximum atomic E-state index is 9.57. The van der Waals surface area contributed by atoms with Crippen LogP contribution in [0.3, 0.4) is 0 Å². The molecule has 0 spiro atoms. The SMILES string of the molecule is BC1OC2COC(=P)O[C@H]2[C@H]1O. The average molecular weight is 188 g/mol. The molecular formula is C6H10BO4P. The normalized spacial score (nSPS) is 47.6. The fraction of sp³-hybridized carbons (Fsp3) is 0.833. The Hall–Kier alpha value is 0.0749. The van der Waals surface area contributed by atoms with Crippen molar-refractivity contribution in [1.29, 1.82) is 0 Å². The minimum absolute atomic E-state index is 0.143. The Morgan fingerprint density at radius 3 is 3.08 bits per heavy atom. The van der Waals surface area contributed by atoms with Crippen molar-refractivity contribution in [2.45, 2.75) is 24.3 Å². The summed E-state index contributed by atoms with van der Waals surface area (Å²) in [7, 11) is 4.95. The monoisotopic (exact) mass is 188 g/mol. The Kier molecular flexibility index (Phi) is 2.23. The van der Waals surface area contributed by atoms with Gasteiger partial charge in [0, 0.05) is 0 Å². The van der Waals surface area contributed by atoms with Gasteiger partial charge in [-0.05, 0) is 0 Å². The summed E-state index contributed by atoms with van der Waals surface area (Å²) >= 11 is 0. The third-order valence-electron chi connectivity index (χ3n) is 2.20. The summed E-state index contributed by atoms with van der Waals surface area (Å²) in [4.78, 5) is 0. The molecule has 0 aromatic carbocycles. The first-order chi connectivity index (χ1) is 5.68. The molecule has 0 radical (unpaired) electrons. The lowest BCUT2D eigenvalue weighted by Gasteiger charge is -2.26. The van der Waals surface area contributed by atoms with Crippen molar-refractivity contribution in [2.75, 3.05) is 6.61 Å². The Morgan fingerprint density at radius 2 is 2.33 bits per heavy atom. The van der Waals surface area contributed by atoms with Crippen LogP contribution in [0.4, 0.5) is 0 Å². The molecule has 2 saturated heterocycles. The van der Waals surface area contributed by atoms with Crippen LogP contribution in [0.5, 0.6) is 0 Å². The van der Waals surface area contributed by atoms with Gasteiger partial charge in [0.2, 0.25) is 5.67 Å². The van der Waals surface area contributed by atoms with Crippen molar-refractivity contribution < 1.29 is 19.3 Å². The van der Waals surface area contributed by atoms with Gasteiger partial charge in [0.05, 0.1) is 12.6 Å². The van der Waals surface area contributed by atoms with Gasteiger partial charge in [-0.2, -0.15) is 0 Å². The third kappa shape index (κ3) is 1.32. The highest BCUT2D eigenvalue weighted by molar-refractivity contribution is 7.19. The summed E-state index contributed by atoms with van der Waals surface area (Å²) in [6.45, 7) is 0.435. The maximum absolute atomic E-state index is 9.57. The number of hydrogen-bond acceptors (Lipinski definition) is 4. The van der Waals surface area contributed by atoms with Gasteiger partial charge in [-0.15, -0.1) is 0 Å². The van der Waals surface area contributed by atoms with Gasteiger partial charge in [0.15, 0.2) is 0 Å². The Labute approximate surface area is 73.4 Å². The molecule has 4 nitrogen and oxygen atoms in total. The molecule has 0 bridgehead atoms. The van der Waals surface area contributed by atoms with E-state index in [1.165, 1.54) is 0 Å². The van der Waals surface area contributed by atoms with E-state index in [1.54, 1.807) is 0 Å². The molecule has 4 atom stereocenters. The molecule has 66 valence electrons. The molecular weight excluding hydrogens is 178 g/mol. The van der Waals surface area contributed by atoms with E-state index in [9.17, 15) is 5.11 Å². The first kappa shape index (κ1) is 8.66. The maximum Gasteiger partial charge on any atom is 0.203 e. The van der Waals surface area contributed by atoms with E-state index in [4.69, 9.17) is 14.2 Å². The largest absolute Gasteiger partial charge is 0.388 e. The van der Waals surface area contributed by atoms with Crippen LogP contribution in [0.25, 0.3) is 0 Å². The van der Waals surface area contributed by atoms with Gasteiger partial charge < -0.3 is 19.3 Å². The summed E-state index contributed by atoms with van der Waals surface area (Å²) in [6.07, 6.45) is -0.999. The molecule has 6 heteroatoms. The molecule has 0 aromatic rings. The van der Waals surface area contributed by atoms with Gasteiger partial charge in [-0.3, -0.25) is 0 Å². The van der Waals surface area contributed by atoms with Crippen molar-refractivity contribution in [3.05, 3.63) is 0 Å². The minimum atomic E-state index is -0.565. The predicted octanol–water partition coefficient (Wildman–Crippen LogP) is -1.65. The number of fused-ring (bicyclic) bond motifs is 1. The molecule has 1 N–H and O–H groups in total. The van der Waals surface area contributed by atoms with Crippen LogP contribution in [-0.2, 0) is 14.2 Å². The topological polar surface area (TPSA) is 47.9 Å². The van der Waals surface area contributed by atoms with E-state index in [-0.39, 0.29) is 18.2 Å². The molecule has 0 saturated carbocycles. The zero-order chi connectivity index (χ0) is 8.72. The Bertz CT molecular complexity index is 212. The summed E-state index contributed by atoms with van der Waals surface area (Å²) in [5.41, 5.74) is 0.327. The van der Waals surface area contributed by atoms with E-state index in [2.05, 4.69) is 8.86 Å². The zero-order valence-corrected chi connectivity index (χ0v) is 7.69. The van der Waals surface area contributed by atoms with Crippen LogP contribution in [0.2, 0.25) is 0 Å². The second-order valence-electron chi connectivity index (χ2n) is 3.05. The Balaban J connectivity index is 2.10. The van der Waals surface area contributed by atoms with Gasteiger partial charge in [0.25, 0.3) is 0 Å². The van der Waals surface area contributed by atoms with Crippen molar-refractivity contribution in [3.63, 3.8) is 0 Å². The first-order valence-electron chi connectivity index (χ1n) is 3.90. The molecule has 2 rings (SSSR count). The average Bonchev–Trinajstić information content (AvgIpc) is 2.31. The second-order valence-corrected chi connectivity index (χ2v) is 3.46. The van der Waals surface area contributed by atoms with Crippen LogP contribution in [0.1, 0.15) is 0 Å². The van der Waals surface area contributed by atoms with Crippen molar-refractivity contribution in [3.8, 4) is 0 Å². The summed E-state index contributed by atoms with van der Waals surface area (Å²) in [5, 5.41) is 9.57. The zero-order valence-electron chi connectivity index (χ0n) is 6.69. The lowest BCUT2D eigenvalue weighted by atomic mass is 9.93. The van der Waals surface area contributed by atoms with Gasteiger partial charge >= 0.3 is 0 Å². The van der Waals surface area contributed by atoms with Crippen molar-refractivity contribution in [2.24, 2.45) is 0 Å². The molecule has 2 heterocycles. The van der Waals surface area contributed by atoms with E-state index < -0.39 is 6.10 Å². The van der Waals surface area contributed by atoms with Crippen LogP contribution in [0.15, 0.2) is 0 Å². The van der Waals surface area contributed by atoms with Crippen molar-refractivity contribution in [1.82, 2.24) is 0 Å². The summed E-state index contributed by atoms with van der Waals surface area (Å²) in [5.74, 6) is 0. The molecule has 2 fully saturated rings.